The van der Waals surface area contributed by atoms with Gasteiger partial charge in [-0.2, -0.15) is 0 Å². The van der Waals surface area contributed by atoms with E-state index in [0.717, 1.165) is 35.1 Å². The van der Waals surface area contributed by atoms with Crippen molar-refractivity contribution >= 4 is 11.8 Å². The van der Waals surface area contributed by atoms with Gasteiger partial charge in [0.15, 0.2) is 0 Å². The summed E-state index contributed by atoms with van der Waals surface area (Å²) in [5, 5.41) is 3.27. The first-order valence-electron chi connectivity index (χ1n) is 7.08. The number of nitrogens with one attached hydrogen (secondary N) is 1. The van der Waals surface area contributed by atoms with Gasteiger partial charge in [-0.1, -0.05) is 30.0 Å². The monoisotopic (exact) mass is 305 g/mol. The predicted octanol–water partition coefficient (Wildman–Crippen LogP) is 4.68. The Morgan fingerprint density at radius 2 is 1.81 bits per heavy atom. The summed E-state index contributed by atoms with van der Waals surface area (Å²) in [5.74, 6) is -0.980. The summed E-state index contributed by atoms with van der Waals surface area (Å²) in [6.07, 6.45) is 2.32. The average molecular weight is 305 g/mol. The molecule has 4 heteroatoms. The molecule has 0 unspecified atom stereocenters. The normalized spacial score (nSPS) is 14.4. The third-order valence-electron chi connectivity index (χ3n) is 3.54. The van der Waals surface area contributed by atoms with Gasteiger partial charge in [-0.15, -0.1) is 0 Å². The minimum atomic E-state index is -0.490. The Morgan fingerprint density at radius 3 is 2.43 bits per heavy atom. The summed E-state index contributed by atoms with van der Waals surface area (Å²) in [5.41, 5.74) is 1.67. The molecule has 0 aromatic heterocycles. The Kier molecular flexibility index (Phi) is 4.27. The lowest BCUT2D eigenvalue weighted by Crippen LogP contribution is -2.15. The van der Waals surface area contributed by atoms with Gasteiger partial charge in [0.05, 0.1) is 4.90 Å². The maximum Gasteiger partial charge on any atom is 0.140 e. The quantitative estimate of drug-likeness (QED) is 0.861. The van der Waals surface area contributed by atoms with Crippen molar-refractivity contribution in [2.24, 2.45) is 0 Å². The summed E-state index contributed by atoms with van der Waals surface area (Å²) < 4.78 is 28.4. The van der Waals surface area contributed by atoms with Crippen LogP contribution in [0.5, 0.6) is 0 Å². The summed E-state index contributed by atoms with van der Waals surface area (Å²) in [6.45, 7) is 2.46. The average Bonchev–Trinajstić information content (AvgIpc) is 3.26. The van der Waals surface area contributed by atoms with Crippen LogP contribution in [0.25, 0.3) is 0 Å². The molecule has 0 saturated heterocycles. The van der Waals surface area contributed by atoms with Gasteiger partial charge in [0.1, 0.15) is 11.6 Å². The zero-order valence-electron chi connectivity index (χ0n) is 11.8. The Hall–Kier alpha value is -1.39. The van der Waals surface area contributed by atoms with E-state index in [1.807, 2.05) is 31.2 Å². The van der Waals surface area contributed by atoms with Crippen LogP contribution < -0.4 is 5.32 Å². The van der Waals surface area contributed by atoms with Crippen molar-refractivity contribution in [3.63, 3.8) is 0 Å². The molecule has 1 aliphatic rings. The first kappa shape index (κ1) is 14.5. The second kappa shape index (κ2) is 6.16. The fourth-order valence-electron chi connectivity index (χ4n) is 2.14. The van der Waals surface area contributed by atoms with Crippen molar-refractivity contribution in [2.75, 3.05) is 0 Å². The van der Waals surface area contributed by atoms with Gasteiger partial charge in [0.2, 0.25) is 0 Å². The molecule has 3 rings (SSSR count). The zero-order valence-corrected chi connectivity index (χ0v) is 12.6. The second-order valence-corrected chi connectivity index (χ2v) is 6.46. The molecule has 0 bridgehead atoms. The summed E-state index contributed by atoms with van der Waals surface area (Å²) in [7, 11) is 0. The van der Waals surface area contributed by atoms with E-state index in [4.69, 9.17) is 0 Å². The SMILES string of the molecule is Cc1ccccc1Sc1c(F)cc(CNC2CC2)cc1F. The molecule has 1 N–H and O–H groups in total. The van der Waals surface area contributed by atoms with Gasteiger partial charge in [0, 0.05) is 17.5 Å². The van der Waals surface area contributed by atoms with E-state index in [1.54, 1.807) is 0 Å². The van der Waals surface area contributed by atoms with Crippen LogP contribution in [-0.2, 0) is 6.54 Å². The second-order valence-electron chi connectivity index (χ2n) is 5.41. The molecule has 0 heterocycles. The predicted molar refractivity (Wildman–Crippen MR) is 81.5 cm³/mol. The van der Waals surface area contributed by atoms with Gasteiger partial charge in [-0.05, 0) is 49.1 Å². The highest BCUT2D eigenvalue weighted by molar-refractivity contribution is 7.99. The largest absolute Gasteiger partial charge is 0.310 e. The van der Waals surface area contributed by atoms with Crippen LogP contribution in [0.4, 0.5) is 8.78 Å². The molecule has 1 nitrogen and oxygen atoms in total. The van der Waals surface area contributed by atoms with Crippen LogP contribution >= 0.6 is 11.8 Å². The van der Waals surface area contributed by atoms with E-state index in [2.05, 4.69) is 5.32 Å². The number of rotatable bonds is 5. The van der Waals surface area contributed by atoms with Gasteiger partial charge in [-0.3, -0.25) is 0 Å². The van der Waals surface area contributed by atoms with E-state index < -0.39 is 11.6 Å². The van der Waals surface area contributed by atoms with Crippen molar-refractivity contribution in [2.45, 2.75) is 42.1 Å². The van der Waals surface area contributed by atoms with Crippen LogP contribution in [0.15, 0.2) is 46.2 Å². The van der Waals surface area contributed by atoms with E-state index in [1.165, 1.54) is 12.1 Å². The minimum Gasteiger partial charge on any atom is -0.310 e. The number of hydrogen-bond donors (Lipinski definition) is 1. The molecule has 0 spiro atoms. The van der Waals surface area contributed by atoms with Gasteiger partial charge < -0.3 is 5.32 Å². The van der Waals surface area contributed by atoms with E-state index >= 15 is 0 Å². The summed E-state index contributed by atoms with van der Waals surface area (Å²) in [4.78, 5) is 0.943. The fraction of sp³-hybridized carbons (Fsp3) is 0.294. The maximum absolute atomic E-state index is 14.2. The van der Waals surface area contributed by atoms with Crippen molar-refractivity contribution in [1.82, 2.24) is 5.32 Å². The number of aryl methyl sites for hydroxylation is 1. The molecule has 2 aromatic rings. The van der Waals surface area contributed by atoms with Crippen molar-refractivity contribution in [3.8, 4) is 0 Å². The van der Waals surface area contributed by atoms with Crippen molar-refractivity contribution in [1.29, 1.82) is 0 Å². The lowest BCUT2D eigenvalue weighted by atomic mass is 10.2. The van der Waals surface area contributed by atoms with Gasteiger partial charge in [-0.25, -0.2) is 8.78 Å². The highest BCUT2D eigenvalue weighted by atomic mass is 32.2. The van der Waals surface area contributed by atoms with Gasteiger partial charge in [0.25, 0.3) is 0 Å². The molecule has 0 aliphatic heterocycles. The molecule has 0 radical (unpaired) electrons. The van der Waals surface area contributed by atoms with Crippen molar-refractivity contribution < 1.29 is 8.78 Å². The number of hydrogen-bond acceptors (Lipinski definition) is 2. The topological polar surface area (TPSA) is 12.0 Å². The number of benzene rings is 2. The molecule has 1 aliphatic carbocycles. The molecule has 110 valence electrons. The smallest absolute Gasteiger partial charge is 0.140 e. The highest BCUT2D eigenvalue weighted by Crippen LogP contribution is 2.34. The molecule has 0 amide bonds. The first-order valence-corrected chi connectivity index (χ1v) is 7.90. The molecule has 1 fully saturated rings. The molecular formula is C17H17F2NS. The molecular weight excluding hydrogens is 288 g/mol. The van der Waals surface area contributed by atoms with E-state index in [-0.39, 0.29) is 4.90 Å². The molecule has 0 atom stereocenters. The molecule has 21 heavy (non-hydrogen) atoms. The standard InChI is InChI=1S/C17H17F2NS/c1-11-4-2-3-5-16(11)21-17-14(18)8-12(9-15(17)19)10-20-13-6-7-13/h2-5,8-9,13,20H,6-7,10H2,1H3. The molecule has 2 aromatic carbocycles. The number of halogens is 2. The third kappa shape index (κ3) is 3.63. The first-order chi connectivity index (χ1) is 10.1. The summed E-state index contributed by atoms with van der Waals surface area (Å²) >= 11 is 1.14. The third-order valence-corrected chi connectivity index (χ3v) is 4.81. The van der Waals surface area contributed by atoms with Crippen molar-refractivity contribution in [3.05, 3.63) is 59.2 Å². The van der Waals surface area contributed by atoms with Gasteiger partial charge >= 0.3 is 0 Å². The highest BCUT2D eigenvalue weighted by Gasteiger charge is 2.20. The summed E-state index contributed by atoms with van der Waals surface area (Å²) in [6, 6.07) is 11.0. The van der Waals surface area contributed by atoms with E-state index in [9.17, 15) is 8.78 Å². The Labute approximate surface area is 127 Å². The van der Waals surface area contributed by atoms with Crippen LogP contribution in [0.1, 0.15) is 24.0 Å². The minimum absolute atomic E-state index is 0.0690. The lowest BCUT2D eigenvalue weighted by Gasteiger charge is -2.10. The Morgan fingerprint density at radius 1 is 1.14 bits per heavy atom. The zero-order chi connectivity index (χ0) is 14.8. The van der Waals surface area contributed by atoms with Crippen LogP contribution in [0, 0.1) is 18.6 Å². The maximum atomic E-state index is 14.2. The Balaban J connectivity index is 1.80. The Bertz CT molecular complexity index is 630. The lowest BCUT2D eigenvalue weighted by molar-refractivity contribution is 0.534. The van der Waals surface area contributed by atoms with Crippen LogP contribution in [-0.4, -0.2) is 6.04 Å². The fourth-order valence-corrected chi connectivity index (χ4v) is 3.05. The molecule has 1 saturated carbocycles. The van der Waals surface area contributed by atoms with Crippen LogP contribution in [0.2, 0.25) is 0 Å². The van der Waals surface area contributed by atoms with E-state index in [0.29, 0.717) is 18.2 Å². The van der Waals surface area contributed by atoms with Crippen LogP contribution in [0.3, 0.4) is 0 Å².